The zero-order valence-corrected chi connectivity index (χ0v) is 21.1. The van der Waals surface area contributed by atoms with Crippen molar-refractivity contribution in [2.24, 2.45) is 18.9 Å². The molecule has 34 heavy (non-hydrogen) atoms. The second kappa shape index (κ2) is 9.53. The SMILES string of the molecule is Cc1cc(NNC(=S)N[C@H]2CCc3sc(NC(=O)C4CC4)c(C(=O)NCC4CC4)c3C2)n(C)n1. The van der Waals surface area contributed by atoms with E-state index in [0.29, 0.717) is 34.6 Å². The number of aryl methyl sites for hydroxylation is 3. The van der Waals surface area contributed by atoms with Gasteiger partial charge in [-0.2, -0.15) is 5.10 Å². The first-order valence-electron chi connectivity index (χ1n) is 11.9. The molecule has 1 atom stereocenters. The minimum Gasteiger partial charge on any atom is -0.358 e. The van der Waals surface area contributed by atoms with Crippen molar-refractivity contribution in [2.75, 3.05) is 17.3 Å². The predicted octanol–water partition coefficient (Wildman–Crippen LogP) is 2.63. The number of hydrogen-bond acceptors (Lipinski definition) is 6. The van der Waals surface area contributed by atoms with Crippen LogP contribution in [0.2, 0.25) is 0 Å². The zero-order chi connectivity index (χ0) is 23.8. The summed E-state index contributed by atoms with van der Waals surface area (Å²) in [4.78, 5) is 26.8. The maximum absolute atomic E-state index is 13.2. The van der Waals surface area contributed by atoms with Crippen LogP contribution < -0.4 is 26.8 Å². The summed E-state index contributed by atoms with van der Waals surface area (Å²) < 4.78 is 1.74. The first-order chi connectivity index (χ1) is 16.4. The number of nitrogens with one attached hydrogen (secondary N) is 5. The van der Waals surface area contributed by atoms with Gasteiger partial charge in [-0.1, -0.05) is 0 Å². The Kier molecular flexibility index (Phi) is 6.48. The van der Waals surface area contributed by atoms with Crippen molar-refractivity contribution >= 4 is 51.3 Å². The van der Waals surface area contributed by atoms with Crippen molar-refractivity contribution in [3.8, 4) is 0 Å². The molecule has 2 amide bonds. The van der Waals surface area contributed by atoms with Gasteiger partial charge in [0.05, 0.1) is 11.3 Å². The Morgan fingerprint density at radius 3 is 2.71 bits per heavy atom. The number of carbonyl (C=O) groups is 2. The molecule has 2 fully saturated rings. The van der Waals surface area contributed by atoms with E-state index in [0.717, 1.165) is 42.8 Å². The number of hydrazine groups is 1. The molecule has 9 nitrogen and oxygen atoms in total. The summed E-state index contributed by atoms with van der Waals surface area (Å²) in [5, 5.41) is 15.0. The summed E-state index contributed by atoms with van der Waals surface area (Å²) in [7, 11) is 1.86. The van der Waals surface area contributed by atoms with E-state index in [2.05, 4.69) is 31.9 Å². The highest BCUT2D eigenvalue weighted by atomic mass is 32.1. The highest BCUT2D eigenvalue weighted by Gasteiger charge is 2.34. The molecule has 182 valence electrons. The van der Waals surface area contributed by atoms with Crippen molar-refractivity contribution in [2.45, 2.75) is 57.9 Å². The number of fused-ring (bicyclic) bond motifs is 1. The van der Waals surface area contributed by atoms with E-state index in [1.54, 1.807) is 16.0 Å². The minimum atomic E-state index is -0.0786. The Morgan fingerprint density at radius 2 is 2.03 bits per heavy atom. The lowest BCUT2D eigenvalue weighted by Crippen LogP contribution is -2.46. The minimum absolute atomic E-state index is 0.0337. The van der Waals surface area contributed by atoms with Crippen molar-refractivity contribution in [3.63, 3.8) is 0 Å². The number of thiocarbonyl (C=S) groups is 1. The van der Waals surface area contributed by atoms with E-state index in [1.165, 1.54) is 17.7 Å². The van der Waals surface area contributed by atoms with E-state index in [4.69, 9.17) is 12.2 Å². The second-order valence-electron chi connectivity index (χ2n) is 9.58. The largest absolute Gasteiger partial charge is 0.358 e. The first-order valence-corrected chi connectivity index (χ1v) is 13.2. The number of rotatable bonds is 8. The van der Waals surface area contributed by atoms with Gasteiger partial charge in [0.15, 0.2) is 5.11 Å². The molecule has 3 aliphatic carbocycles. The summed E-state index contributed by atoms with van der Waals surface area (Å²) in [6.45, 7) is 2.64. The van der Waals surface area contributed by atoms with Gasteiger partial charge in [0, 0.05) is 36.5 Å². The van der Waals surface area contributed by atoms with Gasteiger partial charge in [-0.3, -0.25) is 25.1 Å². The average molecular weight is 502 g/mol. The number of anilines is 2. The average Bonchev–Trinajstić information content (AvgIpc) is 3.71. The van der Waals surface area contributed by atoms with Gasteiger partial charge in [-0.15, -0.1) is 11.3 Å². The Hall–Kier alpha value is -2.66. The Bertz CT molecular complexity index is 1120. The van der Waals surface area contributed by atoms with Gasteiger partial charge in [-0.05, 0) is 75.6 Å². The second-order valence-corrected chi connectivity index (χ2v) is 11.1. The van der Waals surface area contributed by atoms with Crippen molar-refractivity contribution in [1.29, 1.82) is 0 Å². The quantitative estimate of drug-likeness (QED) is 0.279. The van der Waals surface area contributed by atoms with Gasteiger partial charge in [0.2, 0.25) is 5.91 Å². The number of nitrogens with zero attached hydrogens (tertiary/aromatic N) is 2. The lowest BCUT2D eigenvalue weighted by Gasteiger charge is -2.25. The normalized spacial score (nSPS) is 19.2. The van der Waals surface area contributed by atoms with Crippen LogP contribution in [0.1, 0.15) is 58.6 Å². The molecule has 3 aliphatic rings. The molecule has 0 spiro atoms. The highest BCUT2D eigenvalue weighted by Crippen LogP contribution is 2.40. The standard InChI is InChI=1S/C23H31N7O2S2/c1-12-9-18(30(2)29-12)27-28-23(33)25-15-7-8-17-16(10-15)19(21(32)24-11-13-3-4-13)22(34-17)26-20(31)14-5-6-14/h9,13-15,27H,3-8,10-11H2,1-2H3,(H,24,32)(H,26,31)(H2,25,28,33)/t15-/m0/s1. The molecule has 0 unspecified atom stereocenters. The van der Waals surface area contributed by atoms with Crippen molar-refractivity contribution < 1.29 is 9.59 Å². The molecule has 0 saturated heterocycles. The number of aromatic nitrogens is 2. The van der Waals surface area contributed by atoms with E-state index >= 15 is 0 Å². The van der Waals surface area contributed by atoms with E-state index < -0.39 is 0 Å². The van der Waals surface area contributed by atoms with Crippen molar-refractivity contribution in [3.05, 3.63) is 27.8 Å². The summed E-state index contributed by atoms with van der Waals surface area (Å²) in [5.41, 5.74) is 8.70. The zero-order valence-electron chi connectivity index (χ0n) is 19.5. The Labute approximate surface area is 208 Å². The molecular formula is C23H31N7O2S2. The summed E-state index contributed by atoms with van der Waals surface area (Å²) >= 11 is 7.05. The van der Waals surface area contributed by atoms with Crippen molar-refractivity contribution in [1.82, 2.24) is 25.8 Å². The number of amides is 2. The molecule has 11 heteroatoms. The van der Waals surface area contributed by atoms with E-state index in [1.807, 2.05) is 20.0 Å². The van der Waals surface area contributed by atoms with Crippen LogP contribution in [-0.4, -0.2) is 39.3 Å². The third kappa shape index (κ3) is 5.35. The summed E-state index contributed by atoms with van der Waals surface area (Å²) in [5.74, 6) is 1.46. The molecule has 2 aromatic rings. The molecule has 2 heterocycles. The highest BCUT2D eigenvalue weighted by molar-refractivity contribution is 7.80. The molecule has 0 bridgehead atoms. The number of hydrogen-bond donors (Lipinski definition) is 5. The molecule has 5 N–H and O–H groups in total. The lowest BCUT2D eigenvalue weighted by atomic mass is 9.91. The van der Waals surface area contributed by atoms with Gasteiger partial charge in [-0.25, -0.2) is 0 Å². The maximum atomic E-state index is 13.2. The molecule has 2 aromatic heterocycles. The fraction of sp³-hybridized carbons (Fsp3) is 0.565. The van der Waals surface area contributed by atoms with Crippen LogP contribution in [0.25, 0.3) is 0 Å². The Morgan fingerprint density at radius 1 is 1.24 bits per heavy atom. The topological polar surface area (TPSA) is 112 Å². The molecule has 2 saturated carbocycles. The monoisotopic (exact) mass is 501 g/mol. The van der Waals surface area contributed by atoms with Crippen LogP contribution in [0.5, 0.6) is 0 Å². The van der Waals surface area contributed by atoms with Crippen LogP contribution in [0.15, 0.2) is 6.07 Å². The molecule has 0 aliphatic heterocycles. The van der Waals surface area contributed by atoms with Gasteiger partial charge >= 0.3 is 0 Å². The van der Waals surface area contributed by atoms with Crippen LogP contribution >= 0.6 is 23.6 Å². The number of thiophene rings is 1. The third-order valence-corrected chi connectivity index (χ3v) is 7.99. The molecule has 5 rings (SSSR count). The van der Waals surface area contributed by atoms with Crippen LogP contribution in [0, 0.1) is 18.8 Å². The first kappa shape index (κ1) is 23.1. The predicted molar refractivity (Wildman–Crippen MR) is 137 cm³/mol. The smallest absolute Gasteiger partial charge is 0.254 e. The molecule has 0 aromatic carbocycles. The van der Waals surface area contributed by atoms with Gasteiger partial charge < -0.3 is 16.0 Å². The lowest BCUT2D eigenvalue weighted by molar-refractivity contribution is -0.117. The number of carbonyl (C=O) groups excluding carboxylic acids is 2. The third-order valence-electron chi connectivity index (χ3n) is 6.56. The van der Waals surface area contributed by atoms with Gasteiger partial charge in [0.1, 0.15) is 10.8 Å². The maximum Gasteiger partial charge on any atom is 0.254 e. The van der Waals surface area contributed by atoms with Crippen LogP contribution in [0.4, 0.5) is 10.8 Å². The van der Waals surface area contributed by atoms with Crippen LogP contribution in [-0.2, 0) is 24.7 Å². The van der Waals surface area contributed by atoms with Crippen LogP contribution in [0.3, 0.4) is 0 Å². The summed E-state index contributed by atoms with van der Waals surface area (Å²) in [6, 6.07) is 2.02. The van der Waals surface area contributed by atoms with E-state index in [9.17, 15) is 9.59 Å². The fourth-order valence-corrected chi connectivity index (χ4v) is 5.77. The molecular weight excluding hydrogens is 470 g/mol. The fourth-order valence-electron chi connectivity index (χ4n) is 4.31. The summed E-state index contributed by atoms with van der Waals surface area (Å²) in [6.07, 6.45) is 6.65. The molecule has 0 radical (unpaired) electrons. The Balaban J connectivity index is 1.26. The van der Waals surface area contributed by atoms with E-state index in [-0.39, 0.29) is 23.8 Å². The van der Waals surface area contributed by atoms with Gasteiger partial charge in [0.25, 0.3) is 5.91 Å².